The van der Waals surface area contributed by atoms with Gasteiger partial charge in [0.2, 0.25) is 0 Å². The van der Waals surface area contributed by atoms with Crippen molar-refractivity contribution in [2.75, 3.05) is 19.6 Å². The molecule has 0 aliphatic carbocycles. The fourth-order valence-corrected chi connectivity index (χ4v) is 5.10. The van der Waals surface area contributed by atoms with Gasteiger partial charge in [0.15, 0.2) is 0 Å². The van der Waals surface area contributed by atoms with Gasteiger partial charge in [-0.15, -0.1) is 0 Å². The van der Waals surface area contributed by atoms with Crippen LogP contribution in [0.4, 0.5) is 0 Å². The summed E-state index contributed by atoms with van der Waals surface area (Å²) in [7, 11) is 0. The number of nitrogens with one attached hydrogen (secondary N) is 1. The van der Waals surface area contributed by atoms with Crippen LogP contribution in [0.2, 0.25) is 0 Å². The van der Waals surface area contributed by atoms with E-state index in [0.717, 1.165) is 37.1 Å². The number of aliphatic hydroxyl groups excluding tert-OH is 1. The van der Waals surface area contributed by atoms with Crippen LogP contribution in [0, 0.1) is 0 Å². The molecule has 1 unspecified atom stereocenters. The van der Waals surface area contributed by atoms with E-state index in [-0.39, 0.29) is 24.0 Å². The molecule has 0 radical (unpaired) electrons. The molecule has 2 amide bonds. The van der Waals surface area contributed by atoms with Crippen molar-refractivity contribution >= 4 is 11.8 Å². The molecule has 35 heavy (non-hydrogen) atoms. The van der Waals surface area contributed by atoms with E-state index >= 15 is 0 Å². The molecule has 2 aliphatic rings. The van der Waals surface area contributed by atoms with Crippen LogP contribution in [0.1, 0.15) is 56.4 Å². The summed E-state index contributed by atoms with van der Waals surface area (Å²) < 4.78 is 6.62. The quantitative estimate of drug-likeness (QED) is 0.491. The van der Waals surface area contributed by atoms with E-state index in [1.807, 2.05) is 42.5 Å². The molecule has 180 valence electrons. The minimum Gasteiger partial charge on any atom is -0.391 e. The number of β-amino-alcohol motifs (C(OH)–C–C–N with tert-alkyl or cyclic N) is 1. The molecule has 0 bridgehead atoms. The molecule has 5 rings (SSSR count). The van der Waals surface area contributed by atoms with Gasteiger partial charge >= 0.3 is 0 Å². The summed E-state index contributed by atoms with van der Waals surface area (Å²) in [6, 6.07) is 25.9. The molecule has 2 N–H and O–H groups in total. The van der Waals surface area contributed by atoms with Crippen LogP contribution in [0.3, 0.4) is 0 Å². The van der Waals surface area contributed by atoms with Gasteiger partial charge in [-0.3, -0.25) is 14.9 Å². The molecule has 0 spiro atoms. The molecule has 6 nitrogen and oxygen atoms in total. The standard InChI is InChI=1S/C29H30N2O4/c32-23(18-22-12-7-13-25-26(22)29(34)30-28(25)33)19-31-16-14-24(15-17-31)35-27(20-8-3-1-4-9-20)21-10-5-2-6-11-21/h1-13,23-24,27,32H,14-19H2,(H,30,33,34). The van der Waals surface area contributed by atoms with Crippen molar-refractivity contribution in [2.24, 2.45) is 0 Å². The zero-order valence-corrected chi connectivity index (χ0v) is 19.6. The lowest BCUT2D eigenvalue weighted by Crippen LogP contribution is -2.42. The number of hydrogen-bond acceptors (Lipinski definition) is 5. The third-order valence-electron chi connectivity index (χ3n) is 6.84. The minimum atomic E-state index is -0.621. The second-order valence-corrected chi connectivity index (χ2v) is 9.32. The maximum atomic E-state index is 12.2. The van der Waals surface area contributed by atoms with E-state index in [2.05, 4.69) is 34.5 Å². The molecule has 3 aromatic carbocycles. The van der Waals surface area contributed by atoms with Gasteiger partial charge in [-0.25, -0.2) is 0 Å². The van der Waals surface area contributed by atoms with Crippen molar-refractivity contribution in [1.82, 2.24) is 10.2 Å². The smallest absolute Gasteiger partial charge is 0.259 e. The largest absolute Gasteiger partial charge is 0.391 e. The van der Waals surface area contributed by atoms with E-state index in [4.69, 9.17) is 4.74 Å². The molecule has 3 aromatic rings. The highest BCUT2D eigenvalue weighted by molar-refractivity contribution is 6.22. The Morgan fingerprint density at radius 1 is 0.857 bits per heavy atom. The number of ether oxygens (including phenoxy) is 1. The van der Waals surface area contributed by atoms with Crippen molar-refractivity contribution in [3.05, 3.63) is 107 Å². The van der Waals surface area contributed by atoms with Crippen LogP contribution in [-0.2, 0) is 11.2 Å². The molecule has 1 fully saturated rings. The highest BCUT2D eigenvalue weighted by Gasteiger charge is 2.30. The van der Waals surface area contributed by atoms with Gasteiger partial charge < -0.3 is 14.7 Å². The molecule has 0 aromatic heterocycles. The van der Waals surface area contributed by atoms with Crippen molar-refractivity contribution in [2.45, 2.75) is 37.6 Å². The van der Waals surface area contributed by atoms with Gasteiger partial charge in [0.1, 0.15) is 6.10 Å². The van der Waals surface area contributed by atoms with Gasteiger partial charge in [-0.1, -0.05) is 72.8 Å². The number of likely N-dealkylation sites (tertiary alicyclic amines) is 1. The second kappa shape index (κ2) is 10.5. The predicted molar refractivity (Wildman–Crippen MR) is 133 cm³/mol. The number of benzene rings is 3. The number of fused-ring (bicyclic) bond motifs is 1. The average Bonchev–Trinajstić information content (AvgIpc) is 3.18. The zero-order valence-electron chi connectivity index (χ0n) is 19.6. The number of nitrogens with zero attached hydrogens (tertiary/aromatic N) is 1. The Hall–Kier alpha value is -3.32. The lowest BCUT2D eigenvalue weighted by Gasteiger charge is -2.35. The molecular formula is C29H30N2O4. The highest BCUT2D eigenvalue weighted by Crippen LogP contribution is 2.30. The summed E-state index contributed by atoms with van der Waals surface area (Å²) in [5, 5.41) is 13.1. The summed E-state index contributed by atoms with van der Waals surface area (Å²) in [5.41, 5.74) is 3.80. The average molecular weight is 471 g/mol. The van der Waals surface area contributed by atoms with E-state index < -0.39 is 6.10 Å². The Morgan fingerprint density at radius 3 is 2.11 bits per heavy atom. The van der Waals surface area contributed by atoms with Crippen LogP contribution < -0.4 is 5.32 Å². The maximum Gasteiger partial charge on any atom is 0.259 e. The molecule has 1 saturated heterocycles. The summed E-state index contributed by atoms with van der Waals surface area (Å²) in [6.07, 6.45) is 1.53. The van der Waals surface area contributed by atoms with Crippen molar-refractivity contribution in [3.63, 3.8) is 0 Å². The van der Waals surface area contributed by atoms with Crippen molar-refractivity contribution < 1.29 is 19.4 Å². The topological polar surface area (TPSA) is 78.9 Å². The van der Waals surface area contributed by atoms with Gasteiger partial charge in [0.05, 0.1) is 23.3 Å². The number of amides is 2. The number of imide groups is 1. The first-order chi connectivity index (χ1) is 17.1. The molecule has 1 atom stereocenters. The summed E-state index contributed by atoms with van der Waals surface area (Å²) in [5.74, 6) is -0.745. The van der Waals surface area contributed by atoms with Gasteiger partial charge in [0, 0.05) is 26.1 Å². The van der Waals surface area contributed by atoms with Gasteiger partial charge in [-0.2, -0.15) is 0 Å². The molecule has 2 heterocycles. The number of carbonyl (C=O) groups excluding carboxylic acids is 2. The minimum absolute atomic E-state index is 0.103. The van der Waals surface area contributed by atoms with E-state index in [1.165, 1.54) is 0 Å². The molecule has 6 heteroatoms. The lowest BCUT2D eigenvalue weighted by molar-refractivity contribution is -0.0324. The summed E-state index contributed by atoms with van der Waals surface area (Å²) in [4.78, 5) is 26.3. The van der Waals surface area contributed by atoms with Gasteiger partial charge in [-0.05, 0) is 35.6 Å². The summed E-state index contributed by atoms with van der Waals surface area (Å²) >= 11 is 0. The first-order valence-corrected chi connectivity index (χ1v) is 12.2. The highest BCUT2D eigenvalue weighted by atomic mass is 16.5. The Labute approximate surface area is 205 Å². The number of rotatable bonds is 8. The number of carbonyl (C=O) groups is 2. The Kier molecular flexibility index (Phi) is 7.04. The van der Waals surface area contributed by atoms with E-state index in [1.54, 1.807) is 12.1 Å². The van der Waals surface area contributed by atoms with E-state index in [9.17, 15) is 14.7 Å². The zero-order chi connectivity index (χ0) is 24.2. The molecule has 2 aliphatic heterocycles. The third kappa shape index (κ3) is 5.35. The van der Waals surface area contributed by atoms with Crippen molar-refractivity contribution in [3.8, 4) is 0 Å². The fraction of sp³-hybridized carbons (Fsp3) is 0.310. The molecular weight excluding hydrogens is 440 g/mol. The van der Waals surface area contributed by atoms with Crippen molar-refractivity contribution in [1.29, 1.82) is 0 Å². The number of piperidine rings is 1. The third-order valence-corrected chi connectivity index (χ3v) is 6.84. The number of aliphatic hydroxyl groups is 1. The predicted octanol–water partition coefficient (Wildman–Crippen LogP) is 3.74. The monoisotopic (exact) mass is 470 g/mol. The Balaban J connectivity index is 1.17. The van der Waals surface area contributed by atoms with Crippen LogP contribution in [0.5, 0.6) is 0 Å². The normalized spacial score (nSPS) is 17.4. The Bertz CT molecular complexity index is 1130. The summed E-state index contributed by atoms with van der Waals surface area (Å²) in [6.45, 7) is 2.19. The maximum absolute atomic E-state index is 12.2. The van der Waals surface area contributed by atoms with Crippen LogP contribution in [0.15, 0.2) is 78.9 Å². The first kappa shape index (κ1) is 23.4. The Morgan fingerprint density at radius 2 is 1.49 bits per heavy atom. The SMILES string of the molecule is O=C1NC(=O)c2c(CC(O)CN3CCC(OC(c4ccccc4)c4ccccc4)CC3)cccc21. The van der Waals surface area contributed by atoms with Crippen LogP contribution >= 0.6 is 0 Å². The van der Waals surface area contributed by atoms with Crippen LogP contribution in [0.25, 0.3) is 0 Å². The second-order valence-electron chi connectivity index (χ2n) is 9.32. The van der Waals surface area contributed by atoms with Gasteiger partial charge in [0.25, 0.3) is 11.8 Å². The van der Waals surface area contributed by atoms with Crippen LogP contribution in [-0.4, -0.2) is 53.7 Å². The first-order valence-electron chi connectivity index (χ1n) is 12.2. The lowest BCUT2D eigenvalue weighted by atomic mass is 9.97. The molecule has 0 saturated carbocycles. The fourth-order valence-electron chi connectivity index (χ4n) is 5.10. The number of hydrogen-bond donors (Lipinski definition) is 2. The van der Waals surface area contributed by atoms with E-state index in [0.29, 0.717) is 29.7 Å².